The average Bonchev–Trinajstić information content (AvgIpc) is 2.96. The molecule has 41 heavy (non-hydrogen) atoms. The molecule has 5 aliphatic carbocycles. The maximum Gasteiger partial charge on any atom is 0.224 e. The molecule has 8 nitrogen and oxygen atoms in total. The van der Waals surface area contributed by atoms with E-state index in [2.05, 4.69) is 31.9 Å². The first-order valence-corrected chi connectivity index (χ1v) is 16.0. The number of anilines is 2. The highest BCUT2D eigenvalue weighted by molar-refractivity contribution is 6.31. The van der Waals surface area contributed by atoms with Crippen LogP contribution in [0.15, 0.2) is 30.5 Å². The van der Waals surface area contributed by atoms with Gasteiger partial charge in [-0.2, -0.15) is 10.2 Å². The second-order valence-electron chi connectivity index (χ2n) is 13.6. The second-order valence-corrected chi connectivity index (χ2v) is 14.0. The smallest absolute Gasteiger partial charge is 0.224 e. The number of likely N-dealkylation sites (tertiary alicyclic amines) is 1. The molecule has 1 aliphatic heterocycles. The van der Waals surface area contributed by atoms with E-state index < -0.39 is 0 Å². The molecule has 6 fully saturated rings. The Kier molecular flexibility index (Phi) is 7.57. The molecule has 2 aromatic rings. The molecule has 1 unspecified atom stereocenters. The van der Waals surface area contributed by atoms with Crippen molar-refractivity contribution in [1.29, 1.82) is 5.26 Å². The van der Waals surface area contributed by atoms with Crippen molar-refractivity contribution in [2.24, 2.45) is 23.2 Å². The van der Waals surface area contributed by atoms with Crippen LogP contribution in [0, 0.1) is 34.5 Å². The minimum absolute atomic E-state index is 0.0977. The fourth-order valence-corrected chi connectivity index (χ4v) is 9.32. The number of hydrogen-bond donors (Lipinski definition) is 4. The van der Waals surface area contributed by atoms with Crippen molar-refractivity contribution < 1.29 is 5.11 Å². The summed E-state index contributed by atoms with van der Waals surface area (Å²) in [5, 5.41) is 31.2. The summed E-state index contributed by atoms with van der Waals surface area (Å²) in [6, 6.07) is 12.0. The Morgan fingerprint density at radius 2 is 1.80 bits per heavy atom. The van der Waals surface area contributed by atoms with Crippen molar-refractivity contribution in [2.75, 3.05) is 30.3 Å². The largest absolute Gasteiger partial charge is 0.390 e. The van der Waals surface area contributed by atoms with Crippen LogP contribution >= 0.6 is 11.6 Å². The molecule has 8 rings (SSSR count). The first-order valence-electron chi connectivity index (χ1n) is 15.6. The minimum Gasteiger partial charge on any atom is -0.390 e. The van der Waals surface area contributed by atoms with Gasteiger partial charge in [0.25, 0.3) is 0 Å². The summed E-state index contributed by atoms with van der Waals surface area (Å²) >= 11 is 6.31. The van der Waals surface area contributed by atoms with Gasteiger partial charge < -0.3 is 21.1 Å². The van der Waals surface area contributed by atoms with Gasteiger partial charge in [0, 0.05) is 49.3 Å². The molecule has 0 spiro atoms. The van der Waals surface area contributed by atoms with E-state index in [1.54, 1.807) is 6.20 Å². The van der Waals surface area contributed by atoms with Crippen molar-refractivity contribution in [1.82, 2.24) is 20.2 Å². The van der Waals surface area contributed by atoms with Gasteiger partial charge in [-0.3, -0.25) is 4.90 Å². The molecule has 4 N–H and O–H groups in total. The third-order valence-corrected chi connectivity index (χ3v) is 11.2. The average molecular weight is 576 g/mol. The molecule has 4 bridgehead atoms. The van der Waals surface area contributed by atoms with Crippen LogP contribution in [-0.4, -0.2) is 63.8 Å². The Morgan fingerprint density at radius 3 is 2.51 bits per heavy atom. The van der Waals surface area contributed by atoms with Gasteiger partial charge in [0.15, 0.2) is 0 Å². The van der Waals surface area contributed by atoms with E-state index in [-0.39, 0.29) is 11.5 Å². The first-order chi connectivity index (χ1) is 20.0. The Morgan fingerprint density at radius 1 is 1.05 bits per heavy atom. The number of halogens is 1. The molecular formula is C32H42ClN7O. The monoisotopic (exact) mass is 575 g/mol. The molecule has 9 heteroatoms. The molecule has 6 aliphatic rings. The summed E-state index contributed by atoms with van der Waals surface area (Å²) < 4.78 is 0. The lowest BCUT2D eigenvalue weighted by atomic mass is 9.47. The third-order valence-electron chi connectivity index (χ3n) is 10.9. The van der Waals surface area contributed by atoms with Gasteiger partial charge in [-0.15, -0.1) is 0 Å². The maximum atomic E-state index is 9.75. The zero-order chi connectivity index (χ0) is 28.0. The fraction of sp³-hybridized carbons (Fsp3) is 0.656. The highest BCUT2D eigenvalue weighted by Gasteiger charge is 2.55. The lowest BCUT2D eigenvalue weighted by molar-refractivity contribution is -0.0749. The summed E-state index contributed by atoms with van der Waals surface area (Å²) in [5.74, 6) is 3.46. The minimum atomic E-state index is -0.0977. The predicted octanol–water partition coefficient (Wildman–Crippen LogP) is 4.80. The molecule has 1 aromatic carbocycles. The summed E-state index contributed by atoms with van der Waals surface area (Å²) in [6.45, 7) is 3.14. The van der Waals surface area contributed by atoms with Crippen LogP contribution in [0.4, 0.5) is 11.8 Å². The number of rotatable bonds is 9. The van der Waals surface area contributed by atoms with Crippen molar-refractivity contribution in [2.45, 2.75) is 88.6 Å². The Balaban J connectivity index is 0.962. The summed E-state index contributed by atoms with van der Waals surface area (Å²) in [5.41, 5.74) is 1.76. The molecule has 0 amide bonds. The van der Waals surface area contributed by atoms with Crippen LogP contribution in [0.3, 0.4) is 0 Å². The number of aliphatic hydroxyl groups is 1. The van der Waals surface area contributed by atoms with E-state index in [0.29, 0.717) is 47.0 Å². The van der Waals surface area contributed by atoms with Crippen LogP contribution in [-0.2, 0) is 6.54 Å². The van der Waals surface area contributed by atoms with E-state index in [9.17, 15) is 10.4 Å². The quantitative estimate of drug-likeness (QED) is 0.338. The second kappa shape index (κ2) is 11.3. The van der Waals surface area contributed by atoms with E-state index in [4.69, 9.17) is 16.6 Å². The van der Waals surface area contributed by atoms with Crippen LogP contribution in [0.2, 0.25) is 5.02 Å². The van der Waals surface area contributed by atoms with Gasteiger partial charge >= 0.3 is 0 Å². The Labute approximate surface area is 248 Å². The van der Waals surface area contributed by atoms with Crippen LogP contribution < -0.4 is 16.0 Å². The fourth-order valence-electron chi connectivity index (χ4n) is 9.12. The molecule has 2 heterocycles. The Bertz CT molecular complexity index is 1270. The van der Waals surface area contributed by atoms with Crippen molar-refractivity contribution in [3.05, 3.63) is 46.6 Å². The summed E-state index contributed by atoms with van der Waals surface area (Å²) in [4.78, 5) is 11.6. The Hall–Kier alpha value is -2.44. The molecule has 5 atom stereocenters. The molecule has 1 saturated heterocycles. The summed E-state index contributed by atoms with van der Waals surface area (Å²) in [7, 11) is 0. The normalized spacial score (nSPS) is 34.7. The molecule has 0 radical (unpaired) electrons. The van der Waals surface area contributed by atoms with E-state index in [1.807, 2.05) is 24.3 Å². The highest BCUT2D eigenvalue weighted by atomic mass is 35.5. The molecular weight excluding hydrogens is 534 g/mol. The number of nitrogens with zero attached hydrogens (tertiary/aromatic N) is 4. The third kappa shape index (κ3) is 5.67. The SMILES string of the molecule is N#Cc1cnc(NCc2ccccc2Cl)nc1NC[C@]12CC3C[C@H](C1)[C@@H](N[C@H]1CC[C@@H](N4CC(O)C4)CC1)[C@@H](C3)C2. The summed E-state index contributed by atoms with van der Waals surface area (Å²) in [6.07, 6.45) is 13.1. The van der Waals surface area contributed by atoms with Crippen LogP contribution in [0.25, 0.3) is 0 Å². The lowest BCUT2D eigenvalue weighted by Gasteiger charge is -2.61. The van der Waals surface area contributed by atoms with Crippen molar-refractivity contribution in [3.8, 4) is 6.07 Å². The topological polar surface area (TPSA) is 109 Å². The highest BCUT2D eigenvalue weighted by Crippen LogP contribution is 2.60. The number of β-amino-alcohol motifs (C(OH)–C–C–N with tert-alkyl or cyclic N) is 1. The number of aliphatic hydroxyl groups excluding tert-OH is 1. The number of nitriles is 1. The standard InChI is InChI=1S/C32H42ClN7O/c33-28-4-2-1-3-21(28)15-35-31-36-16-24(14-34)30(39-31)37-19-32-11-20-9-22(12-32)29(23(10-20)13-32)38-25-5-7-26(8-6-25)40-17-27(41)18-40/h1-4,16,20,22-23,25-27,29,38,41H,5-13,15,17-19H2,(H2,35,36,37,39)/t20?,22-,23+,25-,26+,29-,32-. The van der Waals surface area contributed by atoms with Gasteiger partial charge in [-0.05, 0) is 92.6 Å². The van der Waals surface area contributed by atoms with Gasteiger partial charge in [0.05, 0.1) is 12.3 Å². The first kappa shape index (κ1) is 27.4. The van der Waals surface area contributed by atoms with E-state index >= 15 is 0 Å². The van der Waals surface area contributed by atoms with E-state index in [0.717, 1.165) is 43.0 Å². The lowest BCUT2D eigenvalue weighted by Crippen LogP contribution is -2.62. The molecule has 5 saturated carbocycles. The number of aromatic nitrogens is 2. The van der Waals surface area contributed by atoms with Gasteiger partial charge in [0.2, 0.25) is 5.95 Å². The zero-order valence-corrected chi connectivity index (χ0v) is 24.5. The zero-order valence-electron chi connectivity index (χ0n) is 23.7. The number of hydrogen-bond acceptors (Lipinski definition) is 8. The van der Waals surface area contributed by atoms with Crippen LogP contribution in [0.5, 0.6) is 0 Å². The number of nitrogens with one attached hydrogen (secondary N) is 3. The van der Waals surface area contributed by atoms with Gasteiger partial charge in [-0.1, -0.05) is 29.8 Å². The van der Waals surface area contributed by atoms with Crippen molar-refractivity contribution in [3.63, 3.8) is 0 Å². The van der Waals surface area contributed by atoms with Crippen molar-refractivity contribution >= 4 is 23.4 Å². The maximum absolute atomic E-state index is 9.75. The molecule has 218 valence electrons. The molecule has 1 aromatic heterocycles. The van der Waals surface area contributed by atoms with Gasteiger partial charge in [-0.25, -0.2) is 4.98 Å². The van der Waals surface area contributed by atoms with Crippen LogP contribution in [0.1, 0.15) is 68.9 Å². The number of benzene rings is 1. The van der Waals surface area contributed by atoms with E-state index in [1.165, 1.54) is 57.8 Å². The van der Waals surface area contributed by atoms with Gasteiger partial charge in [0.1, 0.15) is 17.5 Å². The predicted molar refractivity (Wildman–Crippen MR) is 161 cm³/mol.